The van der Waals surface area contributed by atoms with E-state index in [1.165, 1.54) is 6.54 Å². The van der Waals surface area contributed by atoms with Gasteiger partial charge in [0, 0.05) is 6.54 Å². The maximum atomic E-state index is 9.10. The Kier molecular flexibility index (Phi) is 7.29. The highest BCUT2D eigenvalue weighted by Gasteiger charge is 2.05. The molecule has 0 bridgehead atoms. The number of hydrogen-bond acceptors (Lipinski definition) is 2. The van der Waals surface area contributed by atoms with Crippen LogP contribution in [0.25, 0.3) is 0 Å². The van der Waals surface area contributed by atoms with Gasteiger partial charge >= 0.3 is 0 Å². The van der Waals surface area contributed by atoms with Gasteiger partial charge in [0.25, 0.3) is 0 Å². The number of aliphatic hydroxyl groups excluding tert-OH is 1. The maximum absolute atomic E-state index is 9.10. The van der Waals surface area contributed by atoms with Gasteiger partial charge in [-0.2, -0.15) is 0 Å². The average molecular weight is 187 g/mol. The SMILES string of the molecule is CCN(CCCC(C)O)CC(C)C. The Morgan fingerprint density at radius 1 is 1.23 bits per heavy atom. The van der Waals surface area contributed by atoms with Gasteiger partial charge in [-0.3, -0.25) is 0 Å². The lowest BCUT2D eigenvalue weighted by Crippen LogP contribution is -2.29. The molecule has 0 amide bonds. The molecule has 0 saturated carbocycles. The van der Waals surface area contributed by atoms with Crippen molar-refractivity contribution in [2.45, 2.75) is 46.6 Å². The summed E-state index contributed by atoms with van der Waals surface area (Å²) in [7, 11) is 0. The molecule has 0 heterocycles. The van der Waals surface area contributed by atoms with Crippen molar-refractivity contribution in [3.63, 3.8) is 0 Å². The summed E-state index contributed by atoms with van der Waals surface area (Å²) in [6.07, 6.45) is 1.89. The first kappa shape index (κ1) is 12.9. The maximum Gasteiger partial charge on any atom is 0.0512 e. The summed E-state index contributed by atoms with van der Waals surface area (Å²) in [5.41, 5.74) is 0. The second-order valence-electron chi connectivity index (χ2n) is 4.28. The van der Waals surface area contributed by atoms with E-state index in [2.05, 4.69) is 25.7 Å². The topological polar surface area (TPSA) is 23.5 Å². The zero-order chi connectivity index (χ0) is 10.3. The van der Waals surface area contributed by atoms with Crippen LogP contribution in [0.3, 0.4) is 0 Å². The van der Waals surface area contributed by atoms with Gasteiger partial charge in [0.2, 0.25) is 0 Å². The van der Waals surface area contributed by atoms with E-state index in [-0.39, 0.29) is 6.10 Å². The van der Waals surface area contributed by atoms with E-state index in [4.69, 9.17) is 5.11 Å². The lowest BCUT2D eigenvalue weighted by Gasteiger charge is -2.22. The Morgan fingerprint density at radius 3 is 2.23 bits per heavy atom. The summed E-state index contributed by atoms with van der Waals surface area (Å²) >= 11 is 0. The first-order valence-electron chi connectivity index (χ1n) is 5.46. The second-order valence-corrected chi connectivity index (χ2v) is 4.28. The fourth-order valence-corrected chi connectivity index (χ4v) is 1.51. The molecule has 0 aromatic heterocycles. The first-order chi connectivity index (χ1) is 6.06. The van der Waals surface area contributed by atoms with Gasteiger partial charge in [0.1, 0.15) is 0 Å². The van der Waals surface area contributed by atoms with Crippen molar-refractivity contribution in [2.75, 3.05) is 19.6 Å². The Labute approximate surface area is 82.9 Å². The Hall–Kier alpha value is -0.0800. The van der Waals surface area contributed by atoms with Crippen LogP contribution < -0.4 is 0 Å². The zero-order valence-electron chi connectivity index (χ0n) is 9.58. The van der Waals surface area contributed by atoms with Crippen LogP contribution in [0.1, 0.15) is 40.5 Å². The Morgan fingerprint density at radius 2 is 1.85 bits per heavy atom. The van der Waals surface area contributed by atoms with Crippen molar-refractivity contribution in [1.29, 1.82) is 0 Å². The van der Waals surface area contributed by atoms with Gasteiger partial charge in [-0.25, -0.2) is 0 Å². The van der Waals surface area contributed by atoms with Crippen LogP contribution in [0.15, 0.2) is 0 Å². The lowest BCUT2D eigenvalue weighted by molar-refractivity contribution is 0.169. The molecule has 1 atom stereocenters. The Balaban J connectivity index is 3.48. The van der Waals surface area contributed by atoms with E-state index >= 15 is 0 Å². The van der Waals surface area contributed by atoms with Crippen molar-refractivity contribution < 1.29 is 5.11 Å². The van der Waals surface area contributed by atoms with Gasteiger partial charge in [-0.1, -0.05) is 20.8 Å². The molecule has 0 spiro atoms. The molecular weight excluding hydrogens is 162 g/mol. The molecule has 0 aliphatic heterocycles. The van der Waals surface area contributed by atoms with Gasteiger partial charge in [0.15, 0.2) is 0 Å². The van der Waals surface area contributed by atoms with Crippen LogP contribution >= 0.6 is 0 Å². The van der Waals surface area contributed by atoms with Crippen molar-refractivity contribution in [3.05, 3.63) is 0 Å². The van der Waals surface area contributed by atoms with Crippen LogP contribution in [-0.4, -0.2) is 35.7 Å². The van der Waals surface area contributed by atoms with Crippen LogP contribution in [0.4, 0.5) is 0 Å². The molecule has 0 radical (unpaired) electrons. The van der Waals surface area contributed by atoms with E-state index in [9.17, 15) is 0 Å². The standard InChI is InChI=1S/C11H25NO/c1-5-12(9-10(2)3)8-6-7-11(4)13/h10-11,13H,5-9H2,1-4H3. The molecule has 2 heteroatoms. The summed E-state index contributed by atoms with van der Waals surface area (Å²) in [6.45, 7) is 12.0. The molecule has 80 valence electrons. The van der Waals surface area contributed by atoms with Gasteiger partial charge in [-0.05, 0) is 38.8 Å². The van der Waals surface area contributed by atoms with Crippen molar-refractivity contribution in [1.82, 2.24) is 4.90 Å². The molecule has 0 aliphatic rings. The van der Waals surface area contributed by atoms with Crippen LogP contribution in [0, 0.1) is 5.92 Å². The fraction of sp³-hybridized carbons (Fsp3) is 1.00. The molecule has 0 saturated heterocycles. The molecule has 1 N–H and O–H groups in total. The molecule has 13 heavy (non-hydrogen) atoms. The summed E-state index contributed by atoms with van der Waals surface area (Å²) in [6, 6.07) is 0. The average Bonchev–Trinajstić information content (AvgIpc) is 2.01. The highest BCUT2D eigenvalue weighted by molar-refractivity contribution is 4.59. The van der Waals surface area contributed by atoms with E-state index in [1.807, 2.05) is 6.92 Å². The van der Waals surface area contributed by atoms with Gasteiger partial charge < -0.3 is 10.0 Å². The highest BCUT2D eigenvalue weighted by atomic mass is 16.3. The first-order valence-corrected chi connectivity index (χ1v) is 5.46. The highest BCUT2D eigenvalue weighted by Crippen LogP contribution is 2.02. The summed E-state index contributed by atoms with van der Waals surface area (Å²) in [5, 5.41) is 9.10. The van der Waals surface area contributed by atoms with Crippen LogP contribution in [0.2, 0.25) is 0 Å². The van der Waals surface area contributed by atoms with E-state index < -0.39 is 0 Å². The normalized spacial score (nSPS) is 14.1. The van der Waals surface area contributed by atoms with E-state index in [0.717, 1.165) is 31.8 Å². The van der Waals surface area contributed by atoms with Crippen LogP contribution in [-0.2, 0) is 0 Å². The molecule has 0 rings (SSSR count). The summed E-state index contributed by atoms with van der Waals surface area (Å²) < 4.78 is 0. The van der Waals surface area contributed by atoms with E-state index in [0.29, 0.717) is 0 Å². The minimum atomic E-state index is -0.141. The minimum absolute atomic E-state index is 0.141. The van der Waals surface area contributed by atoms with Gasteiger partial charge in [-0.15, -0.1) is 0 Å². The van der Waals surface area contributed by atoms with Gasteiger partial charge in [0.05, 0.1) is 6.10 Å². The largest absolute Gasteiger partial charge is 0.393 e. The monoisotopic (exact) mass is 187 g/mol. The number of aliphatic hydroxyl groups is 1. The van der Waals surface area contributed by atoms with E-state index in [1.54, 1.807) is 0 Å². The van der Waals surface area contributed by atoms with Crippen LogP contribution in [0.5, 0.6) is 0 Å². The molecule has 2 nitrogen and oxygen atoms in total. The predicted molar refractivity (Wildman–Crippen MR) is 57.9 cm³/mol. The van der Waals surface area contributed by atoms with Crippen molar-refractivity contribution >= 4 is 0 Å². The second kappa shape index (κ2) is 7.34. The number of nitrogens with zero attached hydrogens (tertiary/aromatic N) is 1. The molecule has 1 unspecified atom stereocenters. The molecule has 0 aromatic carbocycles. The predicted octanol–water partition coefficient (Wildman–Crippen LogP) is 2.13. The third-order valence-corrected chi connectivity index (χ3v) is 2.17. The Bertz CT molecular complexity index is 113. The lowest BCUT2D eigenvalue weighted by atomic mass is 10.1. The smallest absolute Gasteiger partial charge is 0.0512 e. The third kappa shape index (κ3) is 8.26. The molecule has 0 aromatic rings. The number of rotatable bonds is 7. The molecular formula is C11H25NO. The summed E-state index contributed by atoms with van der Waals surface area (Å²) in [5.74, 6) is 0.742. The fourth-order valence-electron chi connectivity index (χ4n) is 1.51. The molecule has 0 fully saturated rings. The van der Waals surface area contributed by atoms with Crippen molar-refractivity contribution in [3.8, 4) is 0 Å². The van der Waals surface area contributed by atoms with Crippen molar-refractivity contribution in [2.24, 2.45) is 5.92 Å². The third-order valence-electron chi connectivity index (χ3n) is 2.17. The minimum Gasteiger partial charge on any atom is -0.393 e. The zero-order valence-corrected chi connectivity index (χ0v) is 9.58. The quantitative estimate of drug-likeness (QED) is 0.660. The molecule has 0 aliphatic carbocycles. The number of hydrogen-bond donors (Lipinski definition) is 1. The summed E-state index contributed by atoms with van der Waals surface area (Å²) in [4.78, 5) is 2.45.